The van der Waals surface area contributed by atoms with Crippen molar-refractivity contribution in [3.05, 3.63) is 52.6 Å². The van der Waals surface area contributed by atoms with Crippen LogP contribution in [0.1, 0.15) is 10.4 Å². The van der Waals surface area contributed by atoms with E-state index < -0.39 is 0 Å². The molecule has 2 N–H and O–H groups in total. The second-order valence-electron chi connectivity index (χ2n) is 4.20. The van der Waals surface area contributed by atoms with E-state index in [0.29, 0.717) is 11.3 Å². The molecule has 1 amide bonds. The highest BCUT2D eigenvalue weighted by molar-refractivity contribution is 6.03. The number of pyridine rings is 2. The van der Waals surface area contributed by atoms with Crippen molar-refractivity contribution < 1.29 is 4.79 Å². The van der Waals surface area contributed by atoms with E-state index in [0.717, 1.165) is 5.82 Å². The average Bonchev–Trinajstić information content (AvgIpc) is 2.40. The molecule has 0 aliphatic carbocycles. The molecular weight excluding hydrogens is 244 g/mol. The lowest BCUT2D eigenvalue weighted by molar-refractivity contribution is 0.102. The van der Waals surface area contributed by atoms with Gasteiger partial charge in [0.05, 0.1) is 17.4 Å². The zero-order valence-corrected chi connectivity index (χ0v) is 10.7. The molecule has 98 valence electrons. The quantitative estimate of drug-likeness (QED) is 0.863. The van der Waals surface area contributed by atoms with E-state index in [-0.39, 0.29) is 11.5 Å². The van der Waals surface area contributed by atoms with Crippen molar-refractivity contribution in [2.24, 2.45) is 0 Å². The molecule has 2 aromatic heterocycles. The molecule has 6 heteroatoms. The normalized spacial score (nSPS) is 10.0. The number of rotatable bonds is 3. The number of H-pyrrole nitrogens is 1. The Kier molecular flexibility index (Phi) is 3.61. The summed E-state index contributed by atoms with van der Waals surface area (Å²) < 4.78 is 0. The average molecular weight is 258 g/mol. The van der Waals surface area contributed by atoms with Gasteiger partial charge < -0.3 is 15.2 Å². The Morgan fingerprint density at radius 1 is 1.26 bits per heavy atom. The van der Waals surface area contributed by atoms with Crippen LogP contribution in [0.2, 0.25) is 0 Å². The van der Waals surface area contributed by atoms with Crippen molar-refractivity contribution in [2.75, 3.05) is 24.3 Å². The first-order valence-electron chi connectivity index (χ1n) is 5.70. The van der Waals surface area contributed by atoms with Crippen molar-refractivity contribution in [3.63, 3.8) is 0 Å². The van der Waals surface area contributed by atoms with Crippen molar-refractivity contribution in [1.82, 2.24) is 9.97 Å². The third kappa shape index (κ3) is 3.19. The van der Waals surface area contributed by atoms with Crippen molar-refractivity contribution in [3.8, 4) is 0 Å². The smallest absolute Gasteiger partial charge is 0.257 e. The fourth-order valence-corrected chi connectivity index (χ4v) is 1.48. The summed E-state index contributed by atoms with van der Waals surface area (Å²) in [6.45, 7) is 0. The van der Waals surface area contributed by atoms with Gasteiger partial charge in [-0.15, -0.1) is 0 Å². The monoisotopic (exact) mass is 258 g/mol. The molecule has 6 nitrogen and oxygen atoms in total. The largest absolute Gasteiger partial charge is 0.363 e. The molecule has 0 spiro atoms. The second kappa shape index (κ2) is 5.34. The van der Waals surface area contributed by atoms with Gasteiger partial charge >= 0.3 is 0 Å². The molecule has 2 aromatic rings. The molecule has 2 heterocycles. The van der Waals surface area contributed by atoms with Crippen LogP contribution in [0, 0.1) is 0 Å². The number of carbonyl (C=O) groups excluding carboxylic acids is 1. The number of amides is 1. The number of hydrogen-bond donors (Lipinski definition) is 2. The lowest BCUT2D eigenvalue weighted by Crippen LogP contribution is -2.15. The predicted molar refractivity (Wildman–Crippen MR) is 73.6 cm³/mol. The molecule has 0 atom stereocenters. The van der Waals surface area contributed by atoms with Gasteiger partial charge in [-0.3, -0.25) is 9.59 Å². The highest BCUT2D eigenvalue weighted by Gasteiger charge is 2.06. The summed E-state index contributed by atoms with van der Waals surface area (Å²) in [7, 11) is 3.78. The highest BCUT2D eigenvalue weighted by Crippen LogP contribution is 2.12. The van der Waals surface area contributed by atoms with E-state index in [1.54, 1.807) is 12.3 Å². The molecule has 2 rings (SSSR count). The van der Waals surface area contributed by atoms with E-state index in [2.05, 4.69) is 15.3 Å². The lowest BCUT2D eigenvalue weighted by Gasteiger charge is -2.11. The maximum absolute atomic E-state index is 11.9. The van der Waals surface area contributed by atoms with Crippen LogP contribution in [0.4, 0.5) is 11.5 Å². The summed E-state index contributed by atoms with van der Waals surface area (Å²) in [4.78, 5) is 31.3. The minimum Gasteiger partial charge on any atom is -0.363 e. The maximum Gasteiger partial charge on any atom is 0.257 e. The molecule has 0 fully saturated rings. The number of aromatic nitrogens is 2. The number of anilines is 2. The first-order valence-corrected chi connectivity index (χ1v) is 5.70. The summed E-state index contributed by atoms with van der Waals surface area (Å²) in [5, 5.41) is 2.70. The number of hydrogen-bond acceptors (Lipinski definition) is 4. The van der Waals surface area contributed by atoms with Gasteiger partial charge in [-0.1, -0.05) is 0 Å². The molecule has 0 unspecified atom stereocenters. The second-order valence-corrected chi connectivity index (χ2v) is 4.20. The SMILES string of the molecule is CN(C)c1ccc(NC(=O)c2ccc(=O)[nH]c2)cn1. The van der Waals surface area contributed by atoms with E-state index in [4.69, 9.17) is 0 Å². The Bertz CT molecular complexity index is 611. The van der Waals surface area contributed by atoms with Crippen molar-refractivity contribution in [1.29, 1.82) is 0 Å². The molecule has 0 saturated carbocycles. The summed E-state index contributed by atoms with van der Waals surface area (Å²) in [6.07, 6.45) is 2.96. The lowest BCUT2D eigenvalue weighted by atomic mass is 10.2. The Morgan fingerprint density at radius 3 is 2.58 bits per heavy atom. The number of nitrogens with zero attached hydrogens (tertiary/aromatic N) is 2. The minimum absolute atomic E-state index is 0.242. The number of aromatic amines is 1. The Balaban J connectivity index is 2.10. The summed E-state index contributed by atoms with van der Waals surface area (Å²) in [5.74, 6) is 0.512. The topological polar surface area (TPSA) is 78.1 Å². The molecular formula is C13H14N4O2. The van der Waals surface area contributed by atoms with Crippen LogP contribution in [0.5, 0.6) is 0 Å². The van der Waals surface area contributed by atoms with E-state index in [1.165, 1.54) is 18.3 Å². The van der Waals surface area contributed by atoms with Gasteiger partial charge in [0.1, 0.15) is 5.82 Å². The van der Waals surface area contributed by atoms with Gasteiger partial charge in [0.2, 0.25) is 5.56 Å². The molecule has 0 aromatic carbocycles. The number of nitrogens with one attached hydrogen (secondary N) is 2. The third-order valence-corrected chi connectivity index (χ3v) is 2.51. The van der Waals surface area contributed by atoms with Gasteiger partial charge in [0.15, 0.2) is 0 Å². The first kappa shape index (κ1) is 12.8. The fourth-order valence-electron chi connectivity index (χ4n) is 1.48. The van der Waals surface area contributed by atoms with Crippen LogP contribution in [-0.2, 0) is 0 Å². The molecule has 0 saturated heterocycles. The Labute approximate surface area is 110 Å². The molecule has 0 bridgehead atoms. The van der Waals surface area contributed by atoms with E-state index >= 15 is 0 Å². The minimum atomic E-state index is -0.296. The molecule has 0 radical (unpaired) electrons. The molecule has 0 aliphatic heterocycles. The standard InChI is InChI=1S/C13H14N4O2/c1-17(2)11-5-4-10(8-14-11)16-13(19)9-3-6-12(18)15-7-9/h3-8H,1-2H3,(H,15,18)(H,16,19). The zero-order valence-electron chi connectivity index (χ0n) is 10.7. The summed E-state index contributed by atoms with van der Waals surface area (Å²) >= 11 is 0. The van der Waals surface area contributed by atoms with Gasteiger partial charge in [0, 0.05) is 26.4 Å². The summed E-state index contributed by atoms with van der Waals surface area (Å²) in [5.41, 5.74) is 0.742. The fraction of sp³-hybridized carbons (Fsp3) is 0.154. The first-order chi connectivity index (χ1) is 9.06. The van der Waals surface area contributed by atoms with Gasteiger partial charge in [-0.05, 0) is 18.2 Å². The molecule has 19 heavy (non-hydrogen) atoms. The summed E-state index contributed by atoms with van der Waals surface area (Å²) in [6, 6.07) is 6.35. The third-order valence-electron chi connectivity index (χ3n) is 2.51. The highest BCUT2D eigenvalue weighted by atomic mass is 16.1. The zero-order chi connectivity index (χ0) is 13.8. The van der Waals surface area contributed by atoms with Crippen LogP contribution in [-0.4, -0.2) is 30.0 Å². The van der Waals surface area contributed by atoms with Gasteiger partial charge in [-0.25, -0.2) is 4.98 Å². The van der Waals surface area contributed by atoms with Crippen LogP contribution in [0.15, 0.2) is 41.5 Å². The van der Waals surface area contributed by atoms with Crippen LogP contribution in [0.3, 0.4) is 0 Å². The predicted octanol–water partition coefficient (Wildman–Crippen LogP) is 1.09. The van der Waals surface area contributed by atoms with Crippen LogP contribution < -0.4 is 15.8 Å². The van der Waals surface area contributed by atoms with Gasteiger partial charge in [-0.2, -0.15) is 0 Å². The molecule has 0 aliphatic rings. The van der Waals surface area contributed by atoms with Crippen LogP contribution in [0.25, 0.3) is 0 Å². The van der Waals surface area contributed by atoms with Crippen molar-refractivity contribution in [2.45, 2.75) is 0 Å². The van der Waals surface area contributed by atoms with E-state index in [1.807, 2.05) is 25.1 Å². The van der Waals surface area contributed by atoms with Gasteiger partial charge in [0.25, 0.3) is 5.91 Å². The van der Waals surface area contributed by atoms with Crippen molar-refractivity contribution >= 4 is 17.4 Å². The number of carbonyl (C=O) groups is 1. The Morgan fingerprint density at radius 2 is 2.05 bits per heavy atom. The maximum atomic E-state index is 11.9. The Hall–Kier alpha value is -2.63. The van der Waals surface area contributed by atoms with Crippen LogP contribution >= 0.6 is 0 Å². The van der Waals surface area contributed by atoms with E-state index in [9.17, 15) is 9.59 Å².